The number of amides is 2. The van der Waals surface area contributed by atoms with E-state index in [9.17, 15) is 9.59 Å². The lowest BCUT2D eigenvalue weighted by atomic mass is 9.94. The van der Waals surface area contributed by atoms with E-state index in [1.807, 2.05) is 11.9 Å². The highest BCUT2D eigenvalue weighted by atomic mass is 16.3. The third kappa shape index (κ3) is 3.67. The summed E-state index contributed by atoms with van der Waals surface area (Å²) in [7, 11) is 1.88. The molecule has 1 N–H and O–H groups in total. The maximum atomic E-state index is 12.6. The van der Waals surface area contributed by atoms with Gasteiger partial charge in [-0.05, 0) is 43.2 Å². The Hall–Kier alpha value is -2.56. The molecule has 1 fully saturated rings. The van der Waals surface area contributed by atoms with Crippen LogP contribution in [0.25, 0.3) is 0 Å². The van der Waals surface area contributed by atoms with Crippen molar-refractivity contribution >= 4 is 17.5 Å². The lowest BCUT2D eigenvalue weighted by molar-refractivity contribution is 0.0696. The number of rotatable bonds is 4. The second-order valence-corrected chi connectivity index (χ2v) is 6.25. The summed E-state index contributed by atoms with van der Waals surface area (Å²) in [6.45, 7) is 0. The molecule has 24 heavy (non-hydrogen) atoms. The van der Waals surface area contributed by atoms with Crippen molar-refractivity contribution in [2.45, 2.75) is 38.1 Å². The molecule has 0 spiro atoms. The first-order valence-electron chi connectivity index (χ1n) is 8.36. The zero-order valence-corrected chi connectivity index (χ0v) is 13.8. The van der Waals surface area contributed by atoms with Crippen LogP contribution in [-0.4, -0.2) is 29.8 Å². The minimum absolute atomic E-state index is 0.0367. The molecule has 2 aromatic rings. The van der Waals surface area contributed by atoms with E-state index in [-0.39, 0.29) is 11.8 Å². The average molecular weight is 326 g/mol. The molecule has 1 aliphatic rings. The molecule has 0 saturated heterocycles. The Labute approximate surface area is 141 Å². The number of furan rings is 1. The number of nitrogens with zero attached hydrogens (tertiary/aromatic N) is 1. The third-order valence-corrected chi connectivity index (χ3v) is 4.62. The van der Waals surface area contributed by atoms with Crippen molar-refractivity contribution in [3.63, 3.8) is 0 Å². The Bertz CT molecular complexity index is 686. The number of hydrogen-bond acceptors (Lipinski definition) is 3. The molecule has 1 aromatic heterocycles. The normalized spacial score (nSPS) is 15.0. The van der Waals surface area contributed by atoms with Crippen LogP contribution < -0.4 is 5.32 Å². The van der Waals surface area contributed by atoms with Crippen molar-refractivity contribution in [1.82, 2.24) is 4.90 Å². The van der Waals surface area contributed by atoms with E-state index >= 15 is 0 Å². The number of nitrogens with one attached hydrogen (secondary N) is 1. The number of hydrogen-bond donors (Lipinski definition) is 1. The van der Waals surface area contributed by atoms with E-state index in [1.54, 1.807) is 30.3 Å². The van der Waals surface area contributed by atoms with Gasteiger partial charge >= 0.3 is 0 Å². The van der Waals surface area contributed by atoms with Gasteiger partial charge in [0.25, 0.3) is 11.8 Å². The molecule has 1 aromatic carbocycles. The van der Waals surface area contributed by atoms with E-state index in [0.29, 0.717) is 22.9 Å². The largest absolute Gasteiger partial charge is 0.472 e. The first-order chi connectivity index (χ1) is 11.6. The Morgan fingerprint density at radius 2 is 1.75 bits per heavy atom. The predicted octanol–water partition coefficient (Wildman–Crippen LogP) is 3.94. The summed E-state index contributed by atoms with van der Waals surface area (Å²) in [6, 6.07) is 8.96. The minimum Gasteiger partial charge on any atom is -0.472 e. The van der Waals surface area contributed by atoms with Crippen LogP contribution in [0.1, 0.15) is 52.8 Å². The highest BCUT2D eigenvalue weighted by Crippen LogP contribution is 2.23. The van der Waals surface area contributed by atoms with Crippen molar-refractivity contribution in [3.8, 4) is 0 Å². The summed E-state index contributed by atoms with van der Waals surface area (Å²) < 4.78 is 4.90. The van der Waals surface area contributed by atoms with Gasteiger partial charge in [0.2, 0.25) is 0 Å². The zero-order valence-electron chi connectivity index (χ0n) is 13.8. The van der Waals surface area contributed by atoms with E-state index in [4.69, 9.17) is 4.42 Å². The predicted molar refractivity (Wildman–Crippen MR) is 92.1 cm³/mol. The third-order valence-electron chi connectivity index (χ3n) is 4.62. The van der Waals surface area contributed by atoms with Crippen LogP contribution in [0.5, 0.6) is 0 Å². The zero-order chi connectivity index (χ0) is 16.9. The van der Waals surface area contributed by atoms with Crippen molar-refractivity contribution in [2.75, 3.05) is 12.4 Å². The fourth-order valence-corrected chi connectivity index (χ4v) is 3.13. The van der Waals surface area contributed by atoms with Gasteiger partial charge in [-0.1, -0.05) is 19.3 Å². The minimum atomic E-state index is -0.234. The van der Waals surface area contributed by atoms with Gasteiger partial charge in [0.1, 0.15) is 6.26 Å². The van der Waals surface area contributed by atoms with Crippen LogP contribution in [0, 0.1) is 0 Å². The van der Waals surface area contributed by atoms with Crippen molar-refractivity contribution < 1.29 is 14.0 Å². The van der Waals surface area contributed by atoms with Gasteiger partial charge in [-0.25, -0.2) is 0 Å². The summed E-state index contributed by atoms with van der Waals surface area (Å²) in [4.78, 5) is 26.4. The van der Waals surface area contributed by atoms with Crippen LogP contribution in [0.3, 0.4) is 0 Å². The van der Waals surface area contributed by atoms with Gasteiger partial charge in [0.05, 0.1) is 11.8 Å². The molecule has 1 aliphatic carbocycles. The quantitative estimate of drug-likeness (QED) is 0.926. The Morgan fingerprint density at radius 3 is 2.38 bits per heavy atom. The molecule has 0 radical (unpaired) electrons. The molecular formula is C19H22N2O3. The van der Waals surface area contributed by atoms with Gasteiger partial charge in [-0.3, -0.25) is 9.59 Å². The molecular weight excluding hydrogens is 304 g/mol. The van der Waals surface area contributed by atoms with Crippen molar-refractivity contribution in [3.05, 3.63) is 54.0 Å². The van der Waals surface area contributed by atoms with Crippen LogP contribution in [0.2, 0.25) is 0 Å². The average Bonchev–Trinajstić information content (AvgIpc) is 3.17. The van der Waals surface area contributed by atoms with Crippen LogP contribution in [0.15, 0.2) is 47.3 Å². The lowest BCUT2D eigenvalue weighted by Crippen LogP contribution is -2.38. The maximum absolute atomic E-state index is 12.6. The first kappa shape index (κ1) is 16.3. The topological polar surface area (TPSA) is 62.6 Å². The monoisotopic (exact) mass is 326 g/mol. The summed E-state index contributed by atoms with van der Waals surface area (Å²) in [5, 5.41) is 2.78. The molecule has 3 rings (SSSR count). The van der Waals surface area contributed by atoms with Gasteiger partial charge in [-0.15, -0.1) is 0 Å². The maximum Gasteiger partial charge on any atom is 0.258 e. The number of carbonyl (C=O) groups is 2. The van der Waals surface area contributed by atoms with Crippen LogP contribution in [0.4, 0.5) is 5.69 Å². The first-order valence-corrected chi connectivity index (χ1v) is 8.36. The van der Waals surface area contributed by atoms with Crippen LogP contribution >= 0.6 is 0 Å². The molecule has 0 atom stereocenters. The SMILES string of the molecule is CN(C(=O)c1ccc(NC(=O)c2ccoc2)cc1)C1CCCCC1. The summed E-state index contributed by atoms with van der Waals surface area (Å²) >= 11 is 0. The number of benzene rings is 1. The van der Waals surface area contributed by atoms with Crippen molar-refractivity contribution in [2.24, 2.45) is 0 Å². The van der Waals surface area contributed by atoms with E-state index < -0.39 is 0 Å². The van der Waals surface area contributed by atoms with E-state index in [0.717, 1.165) is 12.8 Å². The summed E-state index contributed by atoms with van der Waals surface area (Å²) in [5.41, 5.74) is 1.76. The summed E-state index contributed by atoms with van der Waals surface area (Å²) in [6.07, 6.45) is 8.68. The van der Waals surface area contributed by atoms with E-state index in [2.05, 4.69) is 5.32 Å². The molecule has 0 bridgehead atoms. The Morgan fingerprint density at radius 1 is 1.04 bits per heavy atom. The Balaban J connectivity index is 1.63. The highest BCUT2D eigenvalue weighted by Gasteiger charge is 2.22. The molecule has 0 unspecified atom stereocenters. The van der Waals surface area contributed by atoms with Gasteiger partial charge in [0.15, 0.2) is 0 Å². The fraction of sp³-hybridized carbons (Fsp3) is 0.368. The molecule has 1 saturated carbocycles. The summed E-state index contributed by atoms with van der Waals surface area (Å²) in [5.74, 6) is -0.197. The number of carbonyl (C=O) groups excluding carboxylic acids is 2. The lowest BCUT2D eigenvalue weighted by Gasteiger charge is -2.31. The smallest absolute Gasteiger partial charge is 0.258 e. The Kier molecular flexibility index (Phi) is 4.99. The van der Waals surface area contributed by atoms with Gasteiger partial charge in [0, 0.05) is 24.3 Å². The molecule has 1 heterocycles. The molecule has 126 valence electrons. The molecule has 5 nitrogen and oxygen atoms in total. The standard InChI is InChI=1S/C19H22N2O3/c1-21(17-5-3-2-4-6-17)19(23)14-7-9-16(10-8-14)20-18(22)15-11-12-24-13-15/h7-13,17H,2-6H2,1H3,(H,20,22). The number of anilines is 1. The van der Waals surface area contributed by atoms with E-state index in [1.165, 1.54) is 31.8 Å². The van der Waals surface area contributed by atoms with Crippen LogP contribution in [-0.2, 0) is 0 Å². The fourth-order valence-electron chi connectivity index (χ4n) is 3.13. The van der Waals surface area contributed by atoms with Gasteiger partial charge < -0.3 is 14.6 Å². The molecule has 0 aliphatic heterocycles. The second-order valence-electron chi connectivity index (χ2n) is 6.25. The second kappa shape index (κ2) is 7.34. The van der Waals surface area contributed by atoms with Gasteiger partial charge in [-0.2, -0.15) is 0 Å². The molecule has 5 heteroatoms. The van der Waals surface area contributed by atoms with Crippen molar-refractivity contribution in [1.29, 1.82) is 0 Å². The highest BCUT2D eigenvalue weighted by molar-refractivity contribution is 6.04. The molecule has 2 amide bonds.